The zero-order valence-corrected chi connectivity index (χ0v) is 48.2. The summed E-state index contributed by atoms with van der Waals surface area (Å²) in [7, 11) is 0. The SMILES string of the molecule is c1ccc(-c2ccc(-n3c(-c4ccccc4)c(-c4ccccc4)c4cc5c(-c6ccc7ccccc7c6)c6cc7c(cc6c(-c6ccc8ccccc8c6)c5cc43)c(-c3ccccc3)c(-c3ccccc3)n7-c3ccc(-c4ccccc4)cc3)cc2)cc1. The first-order valence-electron chi connectivity index (χ1n) is 30.4. The molecule has 2 heterocycles. The minimum atomic E-state index is 1.09. The van der Waals surface area contributed by atoms with Gasteiger partial charge in [0.05, 0.1) is 22.4 Å². The second-order valence-corrected chi connectivity index (χ2v) is 23.1. The second-order valence-electron chi connectivity index (χ2n) is 23.1. The van der Waals surface area contributed by atoms with E-state index in [2.05, 4.69) is 349 Å². The summed E-state index contributed by atoms with van der Waals surface area (Å²) in [5.74, 6) is 0. The van der Waals surface area contributed by atoms with Crippen LogP contribution in [0, 0.1) is 0 Å². The first-order valence-corrected chi connectivity index (χ1v) is 30.4. The summed E-state index contributed by atoms with van der Waals surface area (Å²) < 4.78 is 5.08. The molecule has 2 nitrogen and oxygen atoms in total. The first-order chi connectivity index (χ1) is 43.7. The van der Waals surface area contributed by atoms with Crippen molar-refractivity contribution in [3.63, 3.8) is 0 Å². The van der Waals surface area contributed by atoms with Crippen LogP contribution in [0.5, 0.6) is 0 Å². The number of hydrogen-bond acceptors (Lipinski definition) is 0. The Morgan fingerprint density at radius 2 is 0.432 bits per heavy atom. The Morgan fingerprint density at radius 1 is 0.159 bits per heavy atom. The zero-order valence-electron chi connectivity index (χ0n) is 48.2. The quantitative estimate of drug-likeness (QED) is 0.121. The van der Waals surface area contributed by atoms with Crippen LogP contribution in [0.15, 0.2) is 340 Å². The first kappa shape index (κ1) is 50.9. The summed E-state index contributed by atoms with van der Waals surface area (Å²) in [5.41, 5.74) is 23.2. The lowest BCUT2D eigenvalue weighted by atomic mass is 9.83. The summed E-state index contributed by atoms with van der Waals surface area (Å²) >= 11 is 0. The van der Waals surface area contributed by atoms with Crippen molar-refractivity contribution in [1.82, 2.24) is 9.13 Å². The van der Waals surface area contributed by atoms with Gasteiger partial charge in [-0.1, -0.05) is 279 Å². The lowest BCUT2D eigenvalue weighted by Gasteiger charge is -2.20. The van der Waals surface area contributed by atoms with Crippen LogP contribution in [-0.4, -0.2) is 9.13 Å². The number of fused-ring (bicyclic) bond motifs is 6. The van der Waals surface area contributed by atoms with E-state index in [0.717, 1.165) is 67.2 Å². The van der Waals surface area contributed by atoms with Crippen molar-refractivity contribution in [1.29, 1.82) is 0 Å². The highest BCUT2D eigenvalue weighted by molar-refractivity contribution is 6.28. The third-order valence-corrected chi connectivity index (χ3v) is 18.1. The summed E-state index contributed by atoms with van der Waals surface area (Å²) in [4.78, 5) is 0. The average molecular weight is 1120 g/mol. The Labute approximate surface area is 511 Å². The maximum atomic E-state index is 2.55. The van der Waals surface area contributed by atoms with Crippen molar-refractivity contribution in [3.8, 4) is 101 Å². The molecule has 88 heavy (non-hydrogen) atoms. The zero-order chi connectivity index (χ0) is 58.1. The van der Waals surface area contributed by atoms with Gasteiger partial charge < -0.3 is 9.13 Å². The van der Waals surface area contributed by atoms with Gasteiger partial charge in [-0.25, -0.2) is 0 Å². The van der Waals surface area contributed by atoms with E-state index in [1.807, 2.05) is 0 Å². The van der Waals surface area contributed by atoms with Crippen LogP contribution >= 0.6 is 0 Å². The van der Waals surface area contributed by atoms with Crippen molar-refractivity contribution in [2.75, 3.05) is 0 Å². The molecule has 17 aromatic rings. The van der Waals surface area contributed by atoms with E-state index in [1.165, 1.54) is 98.4 Å². The van der Waals surface area contributed by atoms with E-state index >= 15 is 0 Å². The molecule has 0 atom stereocenters. The van der Waals surface area contributed by atoms with Crippen LogP contribution < -0.4 is 0 Å². The minimum Gasteiger partial charge on any atom is -0.309 e. The topological polar surface area (TPSA) is 9.86 Å². The van der Waals surface area contributed by atoms with E-state index < -0.39 is 0 Å². The molecular weight excluding hydrogens is 1060 g/mol. The largest absolute Gasteiger partial charge is 0.309 e. The number of benzene rings is 15. The van der Waals surface area contributed by atoms with Crippen molar-refractivity contribution in [2.24, 2.45) is 0 Å². The average Bonchev–Trinajstić information content (AvgIpc) is 1.46. The fourth-order valence-corrected chi connectivity index (χ4v) is 14.0. The van der Waals surface area contributed by atoms with Crippen molar-refractivity contribution >= 4 is 64.9 Å². The highest BCUT2D eigenvalue weighted by Crippen LogP contribution is 2.53. The van der Waals surface area contributed by atoms with Gasteiger partial charge in [-0.05, 0) is 171 Å². The molecule has 0 unspecified atom stereocenters. The molecule has 0 aliphatic rings. The maximum Gasteiger partial charge on any atom is 0.0619 e. The molecule has 2 heteroatoms. The third-order valence-electron chi connectivity index (χ3n) is 18.1. The van der Waals surface area contributed by atoms with E-state index in [1.54, 1.807) is 0 Å². The van der Waals surface area contributed by atoms with E-state index in [0.29, 0.717) is 0 Å². The fraction of sp³-hybridized carbons (Fsp3) is 0. The highest BCUT2D eigenvalue weighted by atomic mass is 15.0. The normalized spacial score (nSPS) is 11.6. The monoisotopic (exact) mass is 1120 g/mol. The molecule has 0 aliphatic carbocycles. The van der Waals surface area contributed by atoms with Crippen molar-refractivity contribution < 1.29 is 0 Å². The van der Waals surface area contributed by atoms with Crippen LogP contribution in [0.3, 0.4) is 0 Å². The van der Waals surface area contributed by atoms with E-state index in [4.69, 9.17) is 0 Å². The Kier molecular flexibility index (Phi) is 12.3. The molecule has 15 aromatic carbocycles. The summed E-state index contributed by atoms with van der Waals surface area (Å²) in [5, 5.41) is 11.9. The molecule has 0 fully saturated rings. The van der Waals surface area contributed by atoms with Gasteiger partial charge in [-0.15, -0.1) is 0 Å². The lowest BCUT2D eigenvalue weighted by molar-refractivity contribution is 1.14. The predicted molar refractivity (Wildman–Crippen MR) is 374 cm³/mol. The van der Waals surface area contributed by atoms with Gasteiger partial charge in [0.1, 0.15) is 0 Å². The molecule has 0 N–H and O–H groups in total. The minimum absolute atomic E-state index is 1.09. The number of aromatic nitrogens is 2. The summed E-state index contributed by atoms with van der Waals surface area (Å²) in [6.45, 7) is 0. The van der Waals surface area contributed by atoms with Gasteiger partial charge in [0.2, 0.25) is 0 Å². The fourth-order valence-electron chi connectivity index (χ4n) is 14.0. The molecule has 0 amide bonds. The Hall–Kier alpha value is -11.6. The molecule has 0 aliphatic heterocycles. The molecule has 0 bridgehead atoms. The molecular formula is C86H56N2. The Balaban J connectivity index is 1.08. The number of nitrogens with zero attached hydrogens (tertiary/aromatic N) is 2. The summed E-state index contributed by atoms with van der Waals surface area (Å²) in [6.07, 6.45) is 0. The number of hydrogen-bond donors (Lipinski definition) is 0. The van der Waals surface area contributed by atoms with Crippen molar-refractivity contribution in [2.45, 2.75) is 0 Å². The van der Waals surface area contributed by atoms with Gasteiger partial charge in [-0.2, -0.15) is 0 Å². The molecule has 0 saturated carbocycles. The van der Waals surface area contributed by atoms with Crippen molar-refractivity contribution in [3.05, 3.63) is 340 Å². The molecule has 0 saturated heterocycles. The van der Waals surface area contributed by atoms with Gasteiger partial charge in [0.15, 0.2) is 0 Å². The van der Waals surface area contributed by atoms with Gasteiger partial charge in [0.25, 0.3) is 0 Å². The maximum absolute atomic E-state index is 2.55. The van der Waals surface area contributed by atoms with Gasteiger partial charge in [-0.3, -0.25) is 0 Å². The Bertz CT molecular complexity index is 5130. The van der Waals surface area contributed by atoms with Crippen LogP contribution in [-0.2, 0) is 0 Å². The van der Waals surface area contributed by atoms with Crippen LogP contribution in [0.25, 0.3) is 166 Å². The molecule has 17 rings (SSSR count). The lowest BCUT2D eigenvalue weighted by Crippen LogP contribution is -1.99. The smallest absolute Gasteiger partial charge is 0.0619 e. The van der Waals surface area contributed by atoms with E-state index in [-0.39, 0.29) is 0 Å². The molecule has 0 spiro atoms. The second kappa shape index (κ2) is 21.2. The standard InChI is InChI=1S/C86H56N2/c1-7-23-57(24-8-1)61-43-47-71(48-44-61)87-79-55-75-73(53-77(79)83(63-29-11-3-12-30-63)85(87)65-33-15-5-16-34-65)82(70-42-40-60-28-20-22-38-68(60)52-70)76-56-80-78(54-74(76)81(75)69-41-39-59-27-19-21-37-67(59)51-69)84(64-31-13-4-14-32-64)86(66-35-17-6-18-36-66)88(80)72-49-45-62(46-50-72)58-25-9-2-10-26-58/h1-56H. The van der Waals surface area contributed by atoms with Crippen LogP contribution in [0.2, 0.25) is 0 Å². The third kappa shape index (κ3) is 8.56. The van der Waals surface area contributed by atoms with Gasteiger partial charge >= 0.3 is 0 Å². The van der Waals surface area contributed by atoms with Crippen LogP contribution in [0.4, 0.5) is 0 Å². The molecule has 2 aromatic heterocycles. The van der Waals surface area contributed by atoms with E-state index in [9.17, 15) is 0 Å². The Morgan fingerprint density at radius 3 is 0.784 bits per heavy atom. The molecule has 0 radical (unpaired) electrons. The predicted octanol–water partition coefficient (Wildman–Crippen LogP) is 23.5. The molecule has 410 valence electrons. The van der Waals surface area contributed by atoms with Crippen LogP contribution in [0.1, 0.15) is 0 Å². The summed E-state index contributed by atoms with van der Waals surface area (Å²) in [6, 6.07) is 126. The highest BCUT2D eigenvalue weighted by Gasteiger charge is 2.28. The number of rotatable bonds is 10. The van der Waals surface area contributed by atoms with Gasteiger partial charge in [0, 0.05) is 33.3 Å².